The fourth-order valence-corrected chi connectivity index (χ4v) is 6.38. The molecule has 1 aromatic carbocycles. The summed E-state index contributed by atoms with van der Waals surface area (Å²) < 4.78 is 5.46. The lowest BCUT2D eigenvalue weighted by Crippen LogP contribution is -2.48. The number of carbonyl (C=O) groups is 1. The number of hydrogen-bond donors (Lipinski definition) is 1. The Hall–Kier alpha value is -1.35. The average molecular weight is 325 g/mol. The standard InChI is InChI=1S/C21H27NO2/c23-20(19-2-1-7-24-19)22-18-5-3-17(4-6-18)21-11-14-8-15(12-21)10-16(9-14)13-21/h3-6,14-16,19H,1-2,7-13H2,(H,22,23). The summed E-state index contributed by atoms with van der Waals surface area (Å²) in [6, 6.07) is 8.75. The molecule has 5 fully saturated rings. The van der Waals surface area contributed by atoms with Crippen LogP contribution < -0.4 is 5.32 Å². The number of rotatable bonds is 3. The summed E-state index contributed by atoms with van der Waals surface area (Å²) in [6.45, 7) is 0.711. The Morgan fingerprint density at radius 3 is 2.17 bits per heavy atom. The molecule has 6 rings (SSSR count). The molecule has 1 heterocycles. The van der Waals surface area contributed by atoms with Crippen molar-refractivity contribution in [2.24, 2.45) is 17.8 Å². The second-order valence-corrected chi connectivity index (χ2v) is 8.77. The van der Waals surface area contributed by atoms with Crippen molar-refractivity contribution in [3.63, 3.8) is 0 Å². The Balaban J connectivity index is 1.32. The lowest BCUT2D eigenvalue weighted by Gasteiger charge is -2.57. The number of nitrogens with one attached hydrogen (secondary N) is 1. The molecule has 3 nitrogen and oxygen atoms in total. The van der Waals surface area contributed by atoms with Crippen molar-refractivity contribution in [3.05, 3.63) is 29.8 Å². The van der Waals surface area contributed by atoms with Crippen LogP contribution in [0.2, 0.25) is 0 Å². The number of carbonyl (C=O) groups excluding carboxylic acids is 1. The number of anilines is 1. The van der Waals surface area contributed by atoms with E-state index in [-0.39, 0.29) is 12.0 Å². The van der Waals surface area contributed by atoms with Crippen molar-refractivity contribution in [2.45, 2.75) is 62.9 Å². The van der Waals surface area contributed by atoms with E-state index < -0.39 is 0 Å². The SMILES string of the molecule is O=C(Nc1ccc(C23CC4CC(CC(C4)C2)C3)cc1)C1CCCO1. The zero-order valence-electron chi connectivity index (χ0n) is 14.3. The van der Waals surface area contributed by atoms with Gasteiger partial charge in [0.25, 0.3) is 5.91 Å². The lowest BCUT2D eigenvalue weighted by molar-refractivity contribution is -0.124. The van der Waals surface area contributed by atoms with Gasteiger partial charge >= 0.3 is 0 Å². The minimum atomic E-state index is -0.257. The van der Waals surface area contributed by atoms with Crippen LogP contribution in [0.15, 0.2) is 24.3 Å². The van der Waals surface area contributed by atoms with Crippen LogP contribution in [-0.2, 0) is 14.9 Å². The van der Waals surface area contributed by atoms with Crippen LogP contribution in [0.3, 0.4) is 0 Å². The van der Waals surface area contributed by atoms with Gasteiger partial charge in [0, 0.05) is 12.3 Å². The molecule has 4 saturated carbocycles. The smallest absolute Gasteiger partial charge is 0.253 e. The predicted octanol–water partition coefficient (Wildman–Crippen LogP) is 4.27. The third kappa shape index (κ3) is 2.48. The van der Waals surface area contributed by atoms with Crippen LogP contribution in [0, 0.1) is 17.8 Å². The molecule has 4 aliphatic carbocycles. The lowest BCUT2D eigenvalue weighted by atomic mass is 9.48. The normalized spacial score (nSPS) is 40.0. The third-order valence-corrected chi connectivity index (χ3v) is 7.03. The van der Waals surface area contributed by atoms with Crippen molar-refractivity contribution >= 4 is 11.6 Å². The van der Waals surface area contributed by atoms with Crippen LogP contribution in [0.5, 0.6) is 0 Å². The fourth-order valence-electron chi connectivity index (χ4n) is 6.38. The fraction of sp³-hybridized carbons (Fsp3) is 0.667. The first-order valence-corrected chi connectivity index (χ1v) is 9.73. The van der Waals surface area contributed by atoms with Crippen LogP contribution in [0.4, 0.5) is 5.69 Å². The van der Waals surface area contributed by atoms with Crippen molar-refractivity contribution < 1.29 is 9.53 Å². The summed E-state index contributed by atoms with van der Waals surface area (Å²) in [5, 5.41) is 3.02. The first-order chi connectivity index (χ1) is 11.7. The molecular weight excluding hydrogens is 298 g/mol. The monoisotopic (exact) mass is 325 g/mol. The number of ether oxygens (including phenoxy) is 1. The number of hydrogen-bond acceptors (Lipinski definition) is 2. The van der Waals surface area contributed by atoms with Gasteiger partial charge in [-0.3, -0.25) is 4.79 Å². The topological polar surface area (TPSA) is 38.3 Å². The molecule has 5 aliphatic rings. The van der Waals surface area contributed by atoms with Gasteiger partial charge < -0.3 is 10.1 Å². The Bertz CT molecular complexity index is 594. The summed E-state index contributed by atoms with van der Waals surface area (Å²) in [5.41, 5.74) is 2.85. The molecular formula is C21H27NO2. The van der Waals surface area contributed by atoms with E-state index in [2.05, 4.69) is 29.6 Å². The molecule has 1 aliphatic heterocycles. The molecule has 1 amide bonds. The van der Waals surface area contributed by atoms with Gasteiger partial charge in [-0.15, -0.1) is 0 Å². The Kier molecular flexibility index (Phi) is 3.48. The van der Waals surface area contributed by atoms with Gasteiger partial charge in [0.2, 0.25) is 0 Å². The summed E-state index contributed by atoms with van der Waals surface area (Å²) >= 11 is 0. The predicted molar refractivity (Wildman–Crippen MR) is 93.9 cm³/mol. The molecule has 0 spiro atoms. The maximum Gasteiger partial charge on any atom is 0.253 e. The van der Waals surface area contributed by atoms with Gasteiger partial charge in [0.05, 0.1) is 0 Å². The Morgan fingerprint density at radius 2 is 1.62 bits per heavy atom. The maximum atomic E-state index is 12.2. The molecule has 0 aromatic heterocycles. The van der Waals surface area contributed by atoms with E-state index >= 15 is 0 Å². The van der Waals surface area contributed by atoms with Gasteiger partial charge in [-0.05, 0) is 92.2 Å². The molecule has 1 aromatic rings. The highest BCUT2D eigenvalue weighted by Gasteiger charge is 2.51. The summed E-state index contributed by atoms with van der Waals surface area (Å²) in [6.07, 6.45) is 10.2. The zero-order chi connectivity index (χ0) is 16.1. The summed E-state index contributed by atoms with van der Waals surface area (Å²) in [4.78, 5) is 12.2. The van der Waals surface area contributed by atoms with E-state index in [0.29, 0.717) is 12.0 Å². The van der Waals surface area contributed by atoms with Crippen molar-refractivity contribution in [3.8, 4) is 0 Å². The number of benzene rings is 1. The van der Waals surface area contributed by atoms with Crippen molar-refractivity contribution in [1.29, 1.82) is 0 Å². The van der Waals surface area contributed by atoms with E-state index in [4.69, 9.17) is 4.74 Å². The molecule has 3 heteroatoms. The minimum absolute atomic E-state index is 0.00931. The Labute approximate surface area is 144 Å². The van der Waals surface area contributed by atoms with E-state index in [1.54, 1.807) is 0 Å². The quantitative estimate of drug-likeness (QED) is 0.901. The third-order valence-electron chi connectivity index (χ3n) is 7.03. The molecule has 0 radical (unpaired) electrons. The van der Waals surface area contributed by atoms with Gasteiger partial charge in [0.15, 0.2) is 0 Å². The van der Waals surface area contributed by atoms with Crippen LogP contribution in [0.25, 0.3) is 0 Å². The minimum Gasteiger partial charge on any atom is -0.368 e. The summed E-state index contributed by atoms with van der Waals surface area (Å²) in [7, 11) is 0. The van der Waals surface area contributed by atoms with Crippen LogP contribution >= 0.6 is 0 Å². The van der Waals surface area contributed by atoms with Gasteiger partial charge in [0.1, 0.15) is 6.10 Å². The second-order valence-electron chi connectivity index (χ2n) is 8.77. The molecule has 24 heavy (non-hydrogen) atoms. The highest BCUT2D eigenvalue weighted by Crippen LogP contribution is 2.60. The van der Waals surface area contributed by atoms with E-state index in [1.165, 1.54) is 44.1 Å². The first kappa shape index (κ1) is 14.9. The van der Waals surface area contributed by atoms with E-state index in [9.17, 15) is 4.79 Å². The van der Waals surface area contributed by atoms with E-state index in [0.717, 1.165) is 36.3 Å². The van der Waals surface area contributed by atoms with E-state index in [1.807, 2.05) is 0 Å². The van der Waals surface area contributed by atoms with Crippen LogP contribution in [-0.4, -0.2) is 18.6 Å². The van der Waals surface area contributed by atoms with Gasteiger partial charge in [-0.25, -0.2) is 0 Å². The number of amides is 1. The highest BCUT2D eigenvalue weighted by molar-refractivity contribution is 5.94. The Morgan fingerprint density at radius 1 is 1.00 bits per heavy atom. The van der Waals surface area contributed by atoms with Crippen LogP contribution in [0.1, 0.15) is 56.9 Å². The highest BCUT2D eigenvalue weighted by atomic mass is 16.5. The molecule has 1 N–H and O–H groups in total. The molecule has 4 bridgehead atoms. The largest absolute Gasteiger partial charge is 0.368 e. The molecule has 1 atom stereocenters. The second kappa shape index (κ2) is 5.59. The maximum absolute atomic E-state index is 12.2. The molecule has 1 unspecified atom stereocenters. The first-order valence-electron chi connectivity index (χ1n) is 9.73. The van der Waals surface area contributed by atoms with Gasteiger partial charge in [-0.2, -0.15) is 0 Å². The molecule has 1 saturated heterocycles. The zero-order valence-corrected chi connectivity index (χ0v) is 14.3. The summed E-state index contributed by atoms with van der Waals surface area (Å²) in [5.74, 6) is 2.91. The average Bonchev–Trinajstić information content (AvgIpc) is 3.09. The van der Waals surface area contributed by atoms with Gasteiger partial charge in [-0.1, -0.05) is 12.1 Å². The van der Waals surface area contributed by atoms with Crippen molar-refractivity contribution in [1.82, 2.24) is 0 Å². The molecule has 128 valence electrons. The van der Waals surface area contributed by atoms with Crippen molar-refractivity contribution in [2.75, 3.05) is 11.9 Å².